The molecule has 0 aromatic carbocycles. The summed E-state index contributed by atoms with van der Waals surface area (Å²) in [5.41, 5.74) is 0. The summed E-state index contributed by atoms with van der Waals surface area (Å²) in [6, 6.07) is 1.18. The molecule has 8 nitrogen and oxygen atoms in total. The Bertz CT molecular complexity index is 560. The second-order valence-corrected chi connectivity index (χ2v) is 5.92. The van der Waals surface area contributed by atoms with Crippen LogP contribution in [0.25, 0.3) is 0 Å². The molecule has 0 fully saturated rings. The van der Waals surface area contributed by atoms with Gasteiger partial charge in [-0.05, 0) is 11.6 Å². The number of carboxylic acid groups (broad SMARTS) is 1. The molecule has 1 heterocycles. The Morgan fingerprint density at radius 2 is 2.11 bits per heavy atom. The van der Waals surface area contributed by atoms with Crippen LogP contribution in [0, 0.1) is 0 Å². The van der Waals surface area contributed by atoms with E-state index in [0.717, 1.165) is 4.31 Å². The highest BCUT2D eigenvalue weighted by Gasteiger charge is 2.19. The van der Waals surface area contributed by atoms with Crippen molar-refractivity contribution < 1.29 is 18.3 Å². The first kappa shape index (κ1) is 15.9. The minimum atomic E-state index is -3.93. The van der Waals surface area contributed by atoms with E-state index in [2.05, 4.69) is 14.7 Å². The van der Waals surface area contributed by atoms with E-state index < -0.39 is 16.2 Å². The zero-order valence-corrected chi connectivity index (χ0v) is 12.0. The molecule has 106 valence electrons. The molecule has 1 rings (SSSR count). The van der Waals surface area contributed by atoms with Crippen molar-refractivity contribution in [3.8, 4) is 0 Å². The molecule has 1 aromatic rings. The SMILES string of the molecule is CN(CCC(=O)O)S(=O)(=O)Nc1cc(Cl)nc(Cl)n1. The molecule has 2 N–H and O–H groups in total. The molecule has 0 bridgehead atoms. The minimum Gasteiger partial charge on any atom is -0.481 e. The highest BCUT2D eigenvalue weighted by Crippen LogP contribution is 2.16. The maximum Gasteiger partial charge on any atom is 0.304 e. The van der Waals surface area contributed by atoms with Gasteiger partial charge in [-0.3, -0.25) is 9.52 Å². The second kappa shape index (κ2) is 6.33. The summed E-state index contributed by atoms with van der Waals surface area (Å²) < 4.78 is 26.6. The van der Waals surface area contributed by atoms with Gasteiger partial charge in [-0.15, -0.1) is 0 Å². The quantitative estimate of drug-likeness (QED) is 0.591. The topological polar surface area (TPSA) is 112 Å². The first-order valence-electron chi connectivity index (χ1n) is 4.86. The molecule has 0 radical (unpaired) electrons. The first-order chi connectivity index (χ1) is 8.70. The number of halogens is 2. The van der Waals surface area contributed by atoms with Crippen molar-refractivity contribution in [3.63, 3.8) is 0 Å². The van der Waals surface area contributed by atoms with Crippen molar-refractivity contribution in [1.82, 2.24) is 14.3 Å². The molecule has 0 spiro atoms. The zero-order chi connectivity index (χ0) is 14.6. The van der Waals surface area contributed by atoms with Crippen LogP contribution in [0.15, 0.2) is 6.07 Å². The Balaban J connectivity index is 2.81. The number of carbonyl (C=O) groups is 1. The maximum atomic E-state index is 11.8. The van der Waals surface area contributed by atoms with Crippen LogP contribution >= 0.6 is 23.2 Å². The van der Waals surface area contributed by atoms with Crippen LogP contribution in [-0.2, 0) is 15.0 Å². The Morgan fingerprint density at radius 3 is 2.63 bits per heavy atom. The number of hydrogen-bond acceptors (Lipinski definition) is 5. The fourth-order valence-electron chi connectivity index (χ4n) is 1.03. The van der Waals surface area contributed by atoms with E-state index in [1.807, 2.05) is 0 Å². The maximum absolute atomic E-state index is 11.8. The number of hydrogen-bond donors (Lipinski definition) is 2. The van der Waals surface area contributed by atoms with Gasteiger partial charge in [-0.25, -0.2) is 4.98 Å². The van der Waals surface area contributed by atoms with E-state index in [1.165, 1.54) is 13.1 Å². The monoisotopic (exact) mass is 328 g/mol. The van der Waals surface area contributed by atoms with Gasteiger partial charge >= 0.3 is 16.2 Å². The standard InChI is InChI=1S/C8H10Cl2N4O4S/c1-14(3-2-7(15)16)19(17,18)13-6-4-5(9)11-8(10)12-6/h4H,2-3H2,1H3,(H,15,16)(H,11,12,13). The number of aliphatic carboxylic acids is 1. The average molecular weight is 329 g/mol. The molecule has 0 aliphatic heterocycles. The van der Waals surface area contributed by atoms with Gasteiger partial charge in [0.1, 0.15) is 11.0 Å². The van der Waals surface area contributed by atoms with Gasteiger partial charge in [0.2, 0.25) is 5.28 Å². The number of rotatable bonds is 6. The van der Waals surface area contributed by atoms with Crippen LogP contribution in [-0.4, -0.2) is 47.4 Å². The molecule has 0 aliphatic carbocycles. The van der Waals surface area contributed by atoms with E-state index in [1.54, 1.807) is 0 Å². The molecular formula is C8H10Cl2N4O4S. The van der Waals surface area contributed by atoms with Gasteiger partial charge in [0.15, 0.2) is 0 Å². The smallest absolute Gasteiger partial charge is 0.304 e. The summed E-state index contributed by atoms with van der Waals surface area (Å²) in [7, 11) is -2.70. The number of anilines is 1. The van der Waals surface area contributed by atoms with E-state index in [-0.39, 0.29) is 29.2 Å². The van der Waals surface area contributed by atoms with Crippen molar-refractivity contribution >= 4 is 45.2 Å². The van der Waals surface area contributed by atoms with Crippen LogP contribution in [0.2, 0.25) is 10.4 Å². The fourth-order valence-corrected chi connectivity index (χ4v) is 2.29. The van der Waals surface area contributed by atoms with Crippen LogP contribution < -0.4 is 4.72 Å². The third kappa shape index (κ3) is 5.15. The normalized spacial score (nSPS) is 11.6. The summed E-state index contributed by atoms with van der Waals surface area (Å²) in [5.74, 6) is -1.21. The van der Waals surface area contributed by atoms with Gasteiger partial charge in [-0.2, -0.15) is 17.7 Å². The van der Waals surface area contributed by atoms with Crippen molar-refractivity contribution in [3.05, 3.63) is 16.5 Å². The summed E-state index contributed by atoms with van der Waals surface area (Å²) >= 11 is 11.1. The molecule has 19 heavy (non-hydrogen) atoms. The van der Waals surface area contributed by atoms with Crippen LogP contribution in [0.5, 0.6) is 0 Å². The molecule has 0 saturated heterocycles. The predicted octanol–water partition coefficient (Wildman–Crippen LogP) is 0.847. The Labute approximate surface area is 119 Å². The van der Waals surface area contributed by atoms with Gasteiger partial charge in [0.05, 0.1) is 6.42 Å². The van der Waals surface area contributed by atoms with Gasteiger partial charge < -0.3 is 5.11 Å². The van der Waals surface area contributed by atoms with Gasteiger partial charge in [0.25, 0.3) is 0 Å². The van der Waals surface area contributed by atoms with E-state index in [4.69, 9.17) is 28.3 Å². The Kier molecular flexibility index (Phi) is 5.29. The Morgan fingerprint density at radius 1 is 1.47 bits per heavy atom. The Hall–Kier alpha value is -1.16. The zero-order valence-electron chi connectivity index (χ0n) is 9.67. The van der Waals surface area contributed by atoms with Crippen molar-refractivity contribution in [1.29, 1.82) is 0 Å². The van der Waals surface area contributed by atoms with Crippen LogP contribution in [0.3, 0.4) is 0 Å². The summed E-state index contributed by atoms with van der Waals surface area (Å²) in [5, 5.41) is 8.26. The average Bonchev–Trinajstić information content (AvgIpc) is 2.23. The lowest BCUT2D eigenvalue weighted by Crippen LogP contribution is -2.34. The van der Waals surface area contributed by atoms with Crippen molar-refractivity contribution in [2.45, 2.75) is 6.42 Å². The molecule has 1 aromatic heterocycles. The van der Waals surface area contributed by atoms with E-state index in [0.29, 0.717) is 0 Å². The lowest BCUT2D eigenvalue weighted by atomic mass is 10.4. The van der Waals surface area contributed by atoms with Gasteiger partial charge in [-0.1, -0.05) is 11.6 Å². The fraction of sp³-hybridized carbons (Fsp3) is 0.375. The number of nitrogens with zero attached hydrogens (tertiary/aromatic N) is 3. The van der Waals surface area contributed by atoms with Crippen LogP contribution in [0.1, 0.15) is 6.42 Å². The molecule has 0 unspecified atom stereocenters. The highest BCUT2D eigenvalue weighted by molar-refractivity contribution is 7.90. The van der Waals surface area contributed by atoms with Gasteiger partial charge in [0, 0.05) is 19.7 Å². The van der Waals surface area contributed by atoms with Crippen LogP contribution in [0.4, 0.5) is 5.82 Å². The minimum absolute atomic E-state index is 0.0223. The third-order valence-electron chi connectivity index (χ3n) is 1.95. The summed E-state index contributed by atoms with van der Waals surface area (Å²) in [6.45, 7) is -0.183. The van der Waals surface area contributed by atoms with Crippen molar-refractivity contribution in [2.24, 2.45) is 0 Å². The lowest BCUT2D eigenvalue weighted by molar-refractivity contribution is -0.137. The van der Waals surface area contributed by atoms with E-state index >= 15 is 0 Å². The number of carboxylic acids is 1. The molecule has 0 saturated carbocycles. The molecule has 11 heteroatoms. The summed E-state index contributed by atoms with van der Waals surface area (Å²) in [6.07, 6.45) is -0.317. The van der Waals surface area contributed by atoms with Crippen molar-refractivity contribution in [2.75, 3.05) is 18.3 Å². The molecular weight excluding hydrogens is 319 g/mol. The highest BCUT2D eigenvalue weighted by atomic mass is 35.5. The number of aromatic nitrogens is 2. The number of nitrogens with one attached hydrogen (secondary N) is 1. The largest absolute Gasteiger partial charge is 0.481 e. The predicted molar refractivity (Wildman–Crippen MR) is 69.5 cm³/mol. The first-order valence-corrected chi connectivity index (χ1v) is 7.06. The molecule has 0 atom stereocenters. The second-order valence-electron chi connectivity index (χ2n) is 3.42. The lowest BCUT2D eigenvalue weighted by Gasteiger charge is -2.16. The van der Waals surface area contributed by atoms with E-state index in [9.17, 15) is 13.2 Å². The molecule has 0 aliphatic rings. The molecule has 0 amide bonds. The third-order valence-corrected chi connectivity index (χ3v) is 3.78. The summed E-state index contributed by atoms with van der Waals surface area (Å²) in [4.78, 5) is 17.6.